The fraction of sp³-hybridized carbons (Fsp3) is 0.258. The molecule has 4 rings (SSSR count). The number of nitrogens with zero attached hydrogens (tertiary/aromatic N) is 2. The van der Waals surface area contributed by atoms with E-state index in [9.17, 15) is 9.59 Å². The minimum atomic E-state index is -0.282. The van der Waals surface area contributed by atoms with Crippen molar-refractivity contribution in [2.24, 2.45) is 0 Å². The summed E-state index contributed by atoms with van der Waals surface area (Å²) in [6.07, 6.45) is 5.82. The third kappa shape index (κ3) is 5.65. The molecule has 0 atom stereocenters. The van der Waals surface area contributed by atoms with Crippen LogP contribution in [0, 0.1) is 6.92 Å². The fourth-order valence-corrected chi connectivity index (χ4v) is 4.84. The number of hydrogen-bond donors (Lipinski definition) is 2. The highest BCUT2D eigenvalue weighted by molar-refractivity contribution is 6.36. The van der Waals surface area contributed by atoms with Crippen molar-refractivity contribution >= 4 is 40.1 Å². The average Bonchev–Trinajstić information content (AvgIpc) is 3.33. The number of amides is 2. The van der Waals surface area contributed by atoms with Crippen LogP contribution in [0.25, 0.3) is 33.4 Å². The topological polar surface area (TPSA) is 78.1 Å². The molecule has 2 aromatic carbocycles. The molecule has 0 bridgehead atoms. The number of benzene rings is 2. The fourth-order valence-electron chi connectivity index (χ4n) is 4.60. The van der Waals surface area contributed by atoms with Gasteiger partial charge in [0.1, 0.15) is 5.65 Å². The van der Waals surface area contributed by atoms with Gasteiger partial charge in [-0.15, -0.1) is 0 Å². The van der Waals surface area contributed by atoms with E-state index in [2.05, 4.69) is 35.7 Å². The lowest BCUT2D eigenvalue weighted by Crippen LogP contribution is -2.32. The number of unbranched alkanes of at least 4 members (excludes halogenated alkanes) is 1. The molecule has 196 valence electrons. The molecule has 2 N–H and O–H groups in total. The number of H-pyrrole nitrogens is 1. The van der Waals surface area contributed by atoms with E-state index in [0.29, 0.717) is 21.9 Å². The molecular formula is C31H33ClN4O2. The summed E-state index contributed by atoms with van der Waals surface area (Å²) in [5.74, 6) is -0.254. The molecule has 38 heavy (non-hydrogen) atoms. The number of aryl methyl sites for hydroxylation is 1. The van der Waals surface area contributed by atoms with E-state index in [-0.39, 0.29) is 11.8 Å². The van der Waals surface area contributed by atoms with Crippen molar-refractivity contribution in [3.63, 3.8) is 0 Å². The molecule has 0 saturated carbocycles. The minimum Gasteiger partial charge on any atom is -0.339 e. The molecule has 0 aliphatic rings. The van der Waals surface area contributed by atoms with Crippen molar-refractivity contribution in [3.05, 3.63) is 83.5 Å². The number of fused-ring (bicyclic) bond motifs is 1. The molecule has 0 spiro atoms. The predicted molar refractivity (Wildman–Crippen MR) is 157 cm³/mol. The molecule has 2 heterocycles. The molecule has 2 aromatic heterocycles. The van der Waals surface area contributed by atoms with Gasteiger partial charge in [-0.2, -0.15) is 0 Å². The highest BCUT2D eigenvalue weighted by Crippen LogP contribution is 2.42. The monoisotopic (exact) mass is 528 g/mol. The van der Waals surface area contributed by atoms with Gasteiger partial charge in [-0.1, -0.05) is 62.7 Å². The third-order valence-electron chi connectivity index (χ3n) is 6.57. The first-order valence-corrected chi connectivity index (χ1v) is 13.4. The van der Waals surface area contributed by atoms with Crippen LogP contribution in [0.4, 0.5) is 5.69 Å². The molecule has 0 radical (unpaired) electrons. The van der Waals surface area contributed by atoms with Crippen molar-refractivity contribution in [2.45, 2.75) is 40.0 Å². The first-order valence-electron chi connectivity index (χ1n) is 13.0. The number of rotatable bonds is 10. The number of carbonyl (C=O) groups excluding carboxylic acids is 2. The van der Waals surface area contributed by atoms with E-state index >= 15 is 0 Å². The average molecular weight is 529 g/mol. The van der Waals surface area contributed by atoms with Gasteiger partial charge < -0.3 is 15.2 Å². The number of hydrogen-bond acceptors (Lipinski definition) is 3. The van der Waals surface area contributed by atoms with Crippen LogP contribution in [-0.2, 0) is 4.79 Å². The van der Waals surface area contributed by atoms with Gasteiger partial charge in [0.05, 0.1) is 10.7 Å². The van der Waals surface area contributed by atoms with Crippen LogP contribution in [0.15, 0.2) is 67.4 Å². The van der Waals surface area contributed by atoms with Crippen LogP contribution in [0.3, 0.4) is 0 Å². The molecule has 0 aliphatic heterocycles. The molecule has 2 amide bonds. The summed E-state index contributed by atoms with van der Waals surface area (Å²) >= 11 is 6.69. The number of nitrogens with one attached hydrogen (secondary N) is 2. The van der Waals surface area contributed by atoms with Gasteiger partial charge in [-0.25, -0.2) is 4.98 Å². The van der Waals surface area contributed by atoms with Gasteiger partial charge in [0, 0.05) is 41.5 Å². The Morgan fingerprint density at radius 3 is 2.63 bits per heavy atom. The maximum absolute atomic E-state index is 13.5. The summed E-state index contributed by atoms with van der Waals surface area (Å²) in [5, 5.41) is 4.22. The van der Waals surface area contributed by atoms with Gasteiger partial charge in [0.15, 0.2) is 0 Å². The second kappa shape index (κ2) is 12.1. The van der Waals surface area contributed by atoms with E-state index in [1.165, 1.54) is 6.08 Å². The lowest BCUT2D eigenvalue weighted by molar-refractivity contribution is -0.111. The van der Waals surface area contributed by atoms with Crippen LogP contribution in [0.2, 0.25) is 5.02 Å². The molecule has 0 unspecified atom stereocenters. The van der Waals surface area contributed by atoms with Gasteiger partial charge in [-0.3, -0.25) is 9.59 Å². The number of halogens is 1. The van der Waals surface area contributed by atoms with Gasteiger partial charge in [0.25, 0.3) is 5.91 Å². The van der Waals surface area contributed by atoms with E-state index in [0.717, 1.165) is 65.7 Å². The molecule has 0 saturated heterocycles. The zero-order valence-corrected chi connectivity index (χ0v) is 22.9. The lowest BCUT2D eigenvalue weighted by atomic mass is 9.96. The lowest BCUT2D eigenvalue weighted by Gasteiger charge is -2.22. The van der Waals surface area contributed by atoms with Crippen molar-refractivity contribution < 1.29 is 9.59 Å². The highest BCUT2D eigenvalue weighted by Gasteiger charge is 2.21. The Bertz CT molecular complexity index is 1490. The van der Waals surface area contributed by atoms with Gasteiger partial charge in [0.2, 0.25) is 5.91 Å². The SMILES string of the molecule is C=CC(=O)Nc1cc(-c2c(-c3cccc(C(=O)N(CCC)CCCC)c3)[nH]c3nccc(Cl)c23)ccc1C. The zero-order chi connectivity index (χ0) is 27.2. The summed E-state index contributed by atoms with van der Waals surface area (Å²) in [4.78, 5) is 35.4. The summed E-state index contributed by atoms with van der Waals surface area (Å²) in [7, 11) is 0. The quantitative estimate of drug-likeness (QED) is 0.208. The minimum absolute atomic E-state index is 0.0285. The second-order valence-corrected chi connectivity index (χ2v) is 9.75. The molecule has 4 aromatic rings. The Morgan fingerprint density at radius 1 is 1.08 bits per heavy atom. The molecule has 0 fully saturated rings. The smallest absolute Gasteiger partial charge is 0.253 e. The number of anilines is 1. The third-order valence-corrected chi connectivity index (χ3v) is 6.89. The van der Waals surface area contributed by atoms with Crippen molar-refractivity contribution in [1.82, 2.24) is 14.9 Å². The zero-order valence-electron chi connectivity index (χ0n) is 22.1. The van der Waals surface area contributed by atoms with Crippen LogP contribution in [0.5, 0.6) is 0 Å². The number of aromatic amines is 1. The maximum atomic E-state index is 13.5. The van der Waals surface area contributed by atoms with Crippen molar-refractivity contribution in [2.75, 3.05) is 18.4 Å². The largest absolute Gasteiger partial charge is 0.339 e. The summed E-state index contributed by atoms with van der Waals surface area (Å²) in [5.41, 5.74) is 6.25. The second-order valence-electron chi connectivity index (χ2n) is 9.34. The highest BCUT2D eigenvalue weighted by atomic mass is 35.5. The number of carbonyl (C=O) groups is 2. The maximum Gasteiger partial charge on any atom is 0.253 e. The van der Waals surface area contributed by atoms with Crippen LogP contribution in [0.1, 0.15) is 49.0 Å². The van der Waals surface area contributed by atoms with E-state index in [1.807, 2.05) is 54.3 Å². The standard InChI is InChI=1S/C31H33ClN4O2/c1-5-8-17-36(16-6-2)31(38)23-11-9-10-22(18-23)29-27(28-24(32)14-15-33-30(28)35-29)21-13-12-20(4)25(19-21)34-26(37)7-3/h7,9-15,18-19H,3,5-6,8,16-17H2,1-2,4H3,(H,33,35)(H,34,37). The summed E-state index contributed by atoms with van der Waals surface area (Å²) in [6, 6.07) is 15.3. The molecule has 0 aliphatic carbocycles. The summed E-state index contributed by atoms with van der Waals surface area (Å²) < 4.78 is 0. The van der Waals surface area contributed by atoms with Crippen LogP contribution >= 0.6 is 11.6 Å². The first-order chi connectivity index (χ1) is 18.4. The van der Waals surface area contributed by atoms with E-state index < -0.39 is 0 Å². The molecule has 7 heteroatoms. The van der Waals surface area contributed by atoms with E-state index in [1.54, 1.807) is 12.3 Å². The van der Waals surface area contributed by atoms with Crippen molar-refractivity contribution in [1.29, 1.82) is 0 Å². The first kappa shape index (κ1) is 27.1. The Morgan fingerprint density at radius 2 is 1.89 bits per heavy atom. The van der Waals surface area contributed by atoms with Gasteiger partial charge >= 0.3 is 0 Å². The number of aromatic nitrogens is 2. The van der Waals surface area contributed by atoms with Crippen LogP contribution in [-0.4, -0.2) is 39.8 Å². The van der Waals surface area contributed by atoms with Gasteiger partial charge in [-0.05, 0) is 66.8 Å². The predicted octanol–water partition coefficient (Wildman–Crippen LogP) is 7.64. The molecule has 6 nitrogen and oxygen atoms in total. The molecular weight excluding hydrogens is 496 g/mol. The number of pyridine rings is 1. The Hall–Kier alpha value is -3.90. The Labute approximate surface area is 228 Å². The Balaban J connectivity index is 1.86. The Kier molecular flexibility index (Phi) is 8.64. The van der Waals surface area contributed by atoms with Crippen molar-refractivity contribution in [3.8, 4) is 22.4 Å². The normalized spacial score (nSPS) is 10.9. The van der Waals surface area contributed by atoms with E-state index in [4.69, 9.17) is 11.6 Å². The summed E-state index contributed by atoms with van der Waals surface area (Å²) in [6.45, 7) is 11.2. The van der Waals surface area contributed by atoms with Crippen LogP contribution < -0.4 is 5.32 Å².